The Bertz CT molecular complexity index is 789. The van der Waals surface area contributed by atoms with E-state index in [4.69, 9.17) is 0 Å². The van der Waals surface area contributed by atoms with E-state index >= 15 is 0 Å². The molecule has 1 unspecified atom stereocenters. The second-order valence-electron chi connectivity index (χ2n) is 14.0. The van der Waals surface area contributed by atoms with Gasteiger partial charge in [-0.1, -0.05) is 90.6 Å². The summed E-state index contributed by atoms with van der Waals surface area (Å²) in [5, 5.41) is 3.31. The fourth-order valence-electron chi connectivity index (χ4n) is 9.45. The van der Waals surface area contributed by atoms with Crippen LogP contribution < -0.4 is 5.32 Å². The molecule has 1 N–H and O–H groups in total. The number of hydrogen-bond donors (Lipinski definition) is 1. The maximum absolute atomic E-state index is 12.0. The van der Waals surface area contributed by atoms with Gasteiger partial charge in [-0.15, -0.1) is 0 Å². The second-order valence-corrected chi connectivity index (χ2v) is 14.0. The molecule has 4 rings (SSSR count). The Hall–Kier alpha value is -1.12. The third kappa shape index (κ3) is 6.91. The standard InChI is InChI=1S/C34H57NO2/c1-26(36)16-14-12-10-8-6-4-5-7-9-11-13-15-17-27-18-20-29-28-19-21-31-34(3,25-23-32(37)35-31)30(28)22-24-33(27,29)2/h23,25,27-31H,4-22,24H2,1-3H3,(H,35,37)/t27-,28-,29-,30-,31?,33+,34+/m0/s1. The molecular formula is C34H57NO2. The second kappa shape index (κ2) is 13.3. The van der Waals surface area contributed by atoms with E-state index in [-0.39, 0.29) is 11.3 Å². The summed E-state index contributed by atoms with van der Waals surface area (Å²) in [6.07, 6.45) is 30.9. The summed E-state index contributed by atoms with van der Waals surface area (Å²) >= 11 is 0. The minimum absolute atomic E-state index is 0.121. The van der Waals surface area contributed by atoms with Crippen LogP contribution in [0.2, 0.25) is 0 Å². The molecule has 0 saturated heterocycles. The van der Waals surface area contributed by atoms with Crippen LogP contribution in [0.1, 0.15) is 149 Å². The molecule has 3 nitrogen and oxygen atoms in total. The van der Waals surface area contributed by atoms with Gasteiger partial charge in [0.25, 0.3) is 0 Å². The number of amides is 1. The zero-order valence-corrected chi connectivity index (χ0v) is 24.5. The van der Waals surface area contributed by atoms with Crippen LogP contribution in [0, 0.1) is 34.5 Å². The van der Waals surface area contributed by atoms with E-state index in [9.17, 15) is 9.59 Å². The molecule has 1 amide bonds. The van der Waals surface area contributed by atoms with Crippen molar-refractivity contribution in [3.63, 3.8) is 0 Å². The summed E-state index contributed by atoms with van der Waals surface area (Å²) < 4.78 is 0. The number of ketones is 1. The number of nitrogens with one attached hydrogen (secondary N) is 1. The van der Waals surface area contributed by atoms with Gasteiger partial charge in [0.2, 0.25) is 5.91 Å². The van der Waals surface area contributed by atoms with E-state index in [1.54, 1.807) is 6.92 Å². The highest BCUT2D eigenvalue weighted by Gasteiger charge is 2.59. The molecule has 0 radical (unpaired) electrons. The van der Waals surface area contributed by atoms with Gasteiger partial charge in [-0.05, 0) is 93.5 Å². The van der Waals surface area contributed by atoms with Crippen molar-refractivity contribution in [2.75, 3.05) is 0 Å². The summed E-state index contributed by atoms with van der Waals surface area (Å²) in [6.45, 7) is 6.82. The Balaban J connectivity index is 1.09. The van der Waals surface area contributed by atoms with Gasteiger partial charge < -0.3 is 10.1 Å². The number of carbonyl (C=O) groups excluding carboxylic acids is 2. The van der Waals surface area contributed by atoms with E-state index in [1.807, 2.05) is 6.08 Å². The Morgan fingerprint density at radius 1 is 0.811 bits per heavy atom. The van der Waals surface area contributed by atoms with E-state index in [2.05, 4.69) is 25.2 Å². The summed E-state index contributed by atoms with van der Waals surface area (Å²) in [4.78, 5) is 22.9. The molecule has 0 bridgehead atoms. The summed E-state index contributed by atoms with van der Waals surface area (Å²) in [5.74, 6) is 3.94. The molecule has 210 valence electrons. The lowest BCUT2D eigenvalue weighted by atomic mass is 9.48. The molecule has 4 aliphatic rings. The largest absolute Gasteiger partial charge is 0.349 e. The minimum Gasteiger partial charge on any atom is -0.349 e. The van der Waals surface area contributed by atoms with E-state index in [1.165, 1.54) is 116 Å². The minimum atomic E-state index is 0.121. The smallest absolute Gasteiger partial charge is 0.243 e. The van der Waals surface area contributed by atoms with Gasteiger partial charge in [-0.25, -0.2) is 0 Å². The van der Waals surface area contributed by atoms with E-state index in [0.717, 1.165) is 36.5 Å². The lowest BCUT2D eigenvalue weighted by Gasteiger charge is -2.59. The maximum atomic E-state index is 12.0. The summed E-state index contributed by atoms with van der Waals surface area (Å²) in [7, 11) is 0. The van der Waals surface area contributed by atoms with Crippen LogP contribution in [0.4, 0.5) is 0 Å². The fourth-order valence-corrected chi connectivity index (χ4v) is 9.45. The van der Waals surface area contributed by atoms with Crippen LogP contribution in [0.5, 0.6) is 0 Å². The zero-order valence-electron chi connectivity index (χ0n) is 24.5. The van der Waals surface area contributed by atoms with E-state index < -0.39 is 0 Å². The van der Waals surface area contributed by atoms with Crippen molar-refractivity contribution in [2.24, 2.45) is 34.5 Å². The maximum Gasteiger partial charge on any atom is 0.243 e. The first kappa shape index (κ1) is 28.9. The number of hydrogen-bond acceptors (Lipinski definition) is 2. The average molecular weight is 512 g/mol. The Kier molecular flexibility index (Phi) is 10.4. The van der Waals surface area contributed by atoms with Gasteiger partial charge in [-0.2, -0.15) is 0 Å². The number of unbranched alkanes of at least 4 members (excludes halogenated alkanes) is 11. The third-order valence-corrected chi connectivity index (χ3v) is 11.7. The van der Waals surface area contributed by atoms with Crippen LogP contribution in [-0.2, 0) is 9.59 Å². The SMILES string of the molecule is CC(=O)CCCCCCCCCCCCCC[C@H]1CC[C@H]2[C@@H]3CCC4NC(=O)C=C[C@]4(C)[C@H]3CC[C@]12C. The highest BCUT2D eigenvalue weighted by atomic mass is 16.1. The monoisotopic (exact) mass is 511 g/mol. The number of rotatable bonds is 15. The molecule has 3 heteroatoms. The van der Waals surface area contributed by atoms with Crippen molar-refractivity contribution in [1.82, 2.24) is 5.32 Å². The van der Waals surface area contributed by atoms with Crippen LogP contribution in [0.3, 0.4) is 0 Å². The predicted molar refractivity (Wildman–Crippen MR) is 154 cm³/mol. The lowest BCUT2D eigenvalue weighted by molar-refractivity contribution is -0.122. The Labute approximate surface area is 228 Å². The zero-order chi connectivity index (χ0) is 26.3. The molecule has 0 aromatic rings. The number of Topliss-reactive ketones (excluding diaryl/α,β-unsaturated/α-hetero) is 1. The molecule has 1 aliphatic heterocycles. The molecule has 3 aliphatic carbocycles. The lowest BCUT2D eigenvalue weighted by Crippen LogP contribution is -2.59. The molecular weight excluding hydrogens is 454 g/mol. The van der Waals surface area contributed by atoms with Gasteiger partial charge >= 0.3 is 0 Å². The highest BCUT2D eigenvalue weighted by Crippen LogP contribution is 2.65. The summed E-state index contributed by atoms with van der Waals surface area (Å²) in [6, 6.07) is 0.358. The first-order chi connectivity index (χ1) is 17.8. The van der Waals surface area contributed by atoms with Crippen molar-refractivity contribution in [1.29, 1.82) is 0 Å². The Morgan fingerprint density at radius 3 is 2.08 bits per heavy atom. The first-order valence-electron chi connectivity index (χ1n) is 16.3. The molecule has 1 heterocycles. The van der Waals surface area contributed by atoms with Gasteiger partial charge in [0.05, 0.1) is 0 Å². The van der Waals surface area contributed by atoms with Crippen LogP contribution in [-0.4, -0.2) is 17.7 Å². The Morgan fingerprint density at radius 2 is 1.43 bits per heavy atom. The van der Waals surface area contributed by atoms with Gasteiger partial charge in [-0.3, -0.25) is 4.79 Å². The molecule has 3 fully saturated rings. The number of carbonyl (C=O) groups is 2. The summed E-state index contributed by atoms with van der Waals surface area (Å²) in [5.41, 5.74) is 0.741. The predicted octanol–water partition coefficient (Wildman–Crippen LogP) is 8.95. The van der Waals surface area contributed by atoms with Crippen LogP contribution >= 0.6 is 0 Å². The molecule has 0 aromatic heterocycles. The van der Waals surface area contributed by atoms with Gasteiger partial charge in [0.1, 0.15) is 5.78 Å². The van der Waals surface area contributed by atoms with Crippen molar-refractivity contribution < 1.29 is 9.59 Å². The first-order valence-corrected chi connectivity index (χ1v) is 16.3. The van der Waals surface area contributed by atoms with Crippen LogP contribution in [0.25, 0.3) is 0 Å². The van der Waals surface area contributed by atoms with Crippen molar-refractivity contribution in [3.8, 4) is 0 Å². The van der Waals surface area contributed by atoms with Gasteiger partial charge in [0, 0.05) is 17.9 Å². The van der Waals surface area contributed by atoms with Crippen molar-refractivity contribution >= 4 is 11.7 Å². The van der Waals surface area contributed by atoms with Crippen LogP contribution in [0.15, 0.2) is 12.2 Å². The van der Waals surface area contributed by atoms with Crippen molar-refractivity contribution in [2.45, 2.75) is 155 Å². The fraction of sp³-hybridized carbons (Fsp3) is 0.882. The van der Waals surface area contributed by atoms with Crippen molar-refractivity contribution in [3.05, 3.63) is 12.2 Å². The van der Waals surface area contributed by atoms with Gasteiger partial charge in [0.15, 0.2) is 0 Å². The molecule has 7 atom stereocenters. The highest BCUT2D eigenvalue weighted by molar-refractivity contribution is 5.89. The quantitative estimate of drug-likeness (QED) is 0.223. The molecule has 37 heavy (non-hydrogen) atoms. The molecule has 0 spiro atoms. The number of fused-ring (bicyclic) bond motifs is 5. The normalized spacial score (nSPS) is 36.5. The topological polar surface area (TPSA) is 46.2 Å². The third-order valence-electron chi connectivity index (χ3n) is 11.7. The molecule has 0 aromatic carbocycles. The average Bonchev–Trinajstić information content (AvgIpc) is 3.20. The van der Waals surface area contributed by atoms with E-state index in [0.29, 0.717) is 17.2 Å². The molecule has 3 saturated carbocycles.